The van der Waals surface area contributed by atoms with Crippen molar-refractivity contribution in [3.63, 3.8) is 0 Å². The topological polar surface area (TPSA) is 107 Å². The van der Waals surface area contributed by atoms with Crippen LogP contribution in [0.3, 0.4) is 0 Å². The van der Waals surface area contributed by atoms with Crippen molar-refractivity contribution in [3.05, 3.63) is 45.9 Å². The predicted molar refractivity (Wildman–Crippen MR) is 67.5 cm³/mol. The Hall–Kier alpha value is -2.77. The molecule has 8 heteroatoms. The maximum absolute atomic E-state index is 13.7. The molecule has 98 valence electrons. The van der Waals surface area contributed by atoms with Crippen LogP contribution in [0.25, 0.3) is 0 Å². The predicted octanol–water partition coefficient (Wildman–Crippen LogP) is 2.16. The van der Waals surface area contributed by atoms with Crippen LogP contribution in [-0.4, -0.2) is 14.9 Å². The first-order valence-corrected chi connectivity index (χ1v) is 5.28. The van der Waals surface area contributed by atoms with Gasteiger partial charge in [-0.2, -0.15) is 4.98 Å². The minimum absolute atomic E-state index is 0.115. The molecule has 0 aliphatic heterocycles. The number of nitrogens with one attached hydrogen (secondary N) is 1. The van der Waals surface area contributed by atoms with Crippen LogP contribution in [0.2, 0.25) is 0 Å². The van der Waals surface area contributed by atoms with Crippen molar-refractivity contribution in [2.24, 2.45) is 0 Å². The van der Waals surface area contributed by atoms with Gasteiger partial charge in [0.05, 0.1) is 10.6 Å². The minimum Gasteiger partial charge on any atom is -0.368 e. The number of nitro groups is 1. The number of halogens is 1. The Morgan fingerprint density at radius 1 is 1.47 bits per heavy atom. The first-order chi connectivity index (χ1) is 8.99. The van der Waals surface area contributed by atoms with Crippen LogP contribution in [0.15, 0.2) is 24.4 Å². The number of hydrogen-bond donors (Lipinski definition) is 2. The van der Waals surface area contributed by atoms with E-state index in [4.69, 9.17) is 5.73 Å². The van der Waals surface area contributed by atoms with E-state index in [0.717, 1.165) is 6.20 Å². The zero-order valence-corrected chi connectivity index (χ0v) is 9.92. The molecule has 3 N–H and O–H groups in total. The van der Waals surface area contributed by atoms with Crippen molar-refractivity contribution < 1.29 is 9.31 Å². The Labute approximate surface area is 107 Å². The quantitative estimate of drug-likeness (QED) is 0.649. The van der Waals surface area contributed by atoms with Crippen LogP contribution >= 0.6 is 0 Å². The monoisotopic (exact) mass is 263 g/mol. The lowest BCUT2D eigenvalue weighted by molar-refractivity contribution is -0.384. The first-order valence-electron chi connectivity index (χ1n) is 5.28. The average molecular weight is 263 g/mol. The van der Waals surface area contributed by atoms with Gasteiger partial charge in [-0.3, -0.25) is 10.1 Å². The summed E-state index contributed by atoms with van der Waals surface area (Å²) in [5.41, 5.74) is 5.70. The van der Waals surface area contributed by atoms with E-state index in [1.807, 2.05) is 0 Å². The molecule has 0 atom stereocenters. The highest BCUT2D eigenvalue weighted by molar-refractivity contribution is 5.68. The standard InChI is InChI=1S/C11H10FN5O2/c1-6-3-2-4-7(12)9(6)15-10-8(17(18)19)5-14-11(13)16-10/h2-5H,1H3,(H3,13,14,15,16). The van der Waals surface area contributed by atoms with Gasteiger partial charge in [0, 0.05) is 0 Å². The molecule has 0 fully saturated rings. The van der Waals surface area contributed by atoms with Gasteiger partial charge in [-0.05, 0) is 18.6 Å². The van der Waals surface area contributed by atoms with Crippen molar-refractivity contribution in [1.82, 2.24) is 9.97 Å². The molecule has 2 aromatic rings. The summed E-state index contributed by atoms with van der Waals surface area (Å²) in [5.74, 6) is -0.820. The number of nitrogens with zero attached hydrogens (tertiary/aromatic N) is 3. The Morgan fingerprint density at radius 2 is 2.21 bits per heavy atom. The van der Waals surface area contributed by atoms with E-state index < -0.39 is 10.7 Å². The average Bonchev–Trinajstić information content (AvgIpc) is 2.33. The Balaban J connectivity index is 2.49. The van der Waals surface area contributed by atoms with Gasteiger partial charge in [-0.25, -0.2) is 9.37 Å². The maximum Gasteiger partial charge on any atom is 0.329 e. The summed E-state index contributed by atoms with van der Waals surface area (Å²) in [6, 6.07) is 4.45. The zero-order valence-electron chi connectivity index (χ0n) is 9.92. The summed E-state index contributed by atoms with van der Waals surface area (Å²) in [6.45, 7) is 1.67. The number of aryl methyl sites for hydroxylation is 1. The van der Waals surface area contributed by atoms with E-state index in [2.05, 4.69) is 15.3 Å². The van der Waals surface area contributed by atoms with Crippen LogP contribution < -0.4 is 11.1 Å². The van der Waals surface area contributed by atoms with Crippen LogP contribution in [0.5, 0.6) is 0 Å². The van der Waals surface area contributed by atoms with Gasteiger partial charge < -0.3 is 11.1 Å². The number of anilines is 3. The summed E-state index contributed by atoms with van der Waals surface area (Å²) in [4.78, 5) is 17.4. The van der Waals surface area contributed by atoms with Crippen molar-refractivity contribution in [2.45, 2.75) is 6.92 Å². The van der Waals surface area contributed by atoms with Gasteiger partial charge in [0.25, 0.3) is 0 Å². The Morgan fingerprint density at radius 3 is 2.84 bits per heavy atom. The highest BCUT2D eigenvalue weighted by Gasteiger charge is 2.18. The normalized spacial score (nSPS) is 10.2. The second kappa shape index (κ2) is 4.84. The molecule has 0 unspecified atom stereocenters. The van der Waals surface area contributed by atoms with Crippen molar-refractivity contribution in [2.75, 3.05) is 11.1 Å². The number of nitrogen functional groups attached to an aromatic ring is 1. The lowest BCUT2D eigenvalue weighted by Crippen LogP contribution is -2.05. The molecule has 2 rings (SSSR count). The van der Waals surface area contributed by atoms with Crippen LogP contribution in [0, 0.1) is 22.9 Å². The molecule has 0 saturated heterocycles. The third-order valence-corrected chi connectivity index (χ3v) is 2.45. The maximum atomic E-state index is 13.7. The summed E-state index contributed by atoms with van der Waals surface area (Å²) in [7, 11) is 0. The lowest BCUT2D eigenvalue weighted by Gasteiger charge is -2.10. The number of nitrogens with two attached hydrogens (primary N) is 1. The van der Waals surface area contributed by atoms with Crippen molar-refractivity contribution in [3.8, 4) is 0 Å². The highest BCUT2D eigenvalue weighted by Crippen LogP contribution is 2.28. The molecule has 0 amide bonds. The van der Waals surface area contributed by atoms with Gasteiger partial charge in [0.1, 0.15) is 12.0 Å². The molecule has 0 saturated carbocycles. The molecule has 0 bridgehead atoms. The molecule has 7 nitrogen and oxygen atoms in total. The van der Waals surface area contributed by atoms with Gasteiger partial charge in [0.15, 0.2) is 0 Å². The molecular formula is C11H10FN5O2. The second-order valence-corrected chi connectivity index (χ2v) is 3.78. The fourth-order valence-corrected chi connectivity index (χ4v) is 1.52. The summed E-state index contributed by atoms with van der Waals surface area (Å²) in [6.07, 6.45) is 0.973. The van der Waals surface area contributed by atoms with Gasteiger partial charge >= 0.3 is 5.69 Å². The number of aromatic nitrogens is 2. The minimum atomic E-state index is -0.669. The fourth-order valence-electron chi connectivity index (χ4n) is 1.52. The van der Waals surface area contributed by atoms with Crippen molar-refractivity contribution in [1.29, 1.82) is 0 Å². The van der Waals surface area contributed by atoms with Gasteiger partial charge in [-0.1, -0.05) is 12.1 Å². The molecule has 19 heavy (non-hydrogen) atoms. The lowest BCUT2D eigenvalue weighted by atomic mass is 10.2. The zero-order chi connectivity index (χ0) is 14.0. The number of hydrogen-bond acceptors (Lipinski definition) is 6. The molecule has 0 aliphatic carbocycles. The Bertz CT molecular complexity index is 627. The molecule has 1 heterocycles. The number of benzene rings is 1. The second-order valence-electron chi connectivity index (χ2n) is 3.78. The molecule has 0 radical (unpaired) electrons. The molecule has 1 aromatic heterocycles. The summed E-state index contributed by atoms with van der Waals surface area (Å²) >= 11 is 0. The van der Waals surface area contributed by atoms with E-state index >= 15 is 0 Å². The highest BCUT2D eigenvalue weighted by atomic mass is 19.1. The van der Waals surface area contributed by atoms with E-state index in [9.17, 15) is 14.5 Å². The Kier molecular flexibility index (Phi) is 3.23. The van der Waals surface area contributed by atoms with E-state index in [0.29, 0.717) is 5.56 Å². The van der Waals surface area contributed by atoms with E-state index in [1.54, 1.807) is 19.1 Å². The van der Waals surface area contributed by atoms with Crippen LogP contribution in [0.4, 0.5) is 27.5 Å². The molecular weight excluding hydrogens is 253 g/mol. The molecule has 0 aliphatic rings. The fraction of sp³-hybridized carbons (Fsp3) is 0.0909. The van der Waals surface area contributed by atoms with E-state index in [-0.39, 0.29) is 23.1 Å². The summed E-state index contributed by atoms with van der Waals surface area (Å²) < 4.78 is 13.7. The van der Waals surface area contributed by atoms with Crippen LogP contribution in [-0.2, 0) is 0 Å². The van der Waals surface area contributed by atoms with Gasteiger partial charge in [0.2, 0.25) is 11.8 Å². The molecule has 0 spiro atoms. The number of rotatable bonds is 3. The van der Waals surface area contributed by atoms with Gasteiger partial charge in [-0.15, -0.1) is 0 Å². The van der Waals surface area contributed by atoms with Crippen LogP contribution in [0.1, 0.15) is 5.56 Å². The summed E-state index contributed by atoms with van der Waals surface area (Å²) in [5, 5.41) is 13.4. The van der Waals surface area contributed by atoms with Crippen molar-refractivity contribution >= 4 is 23.1 Å². The third kappa shape index (κ3) is 2.57. The van der Waals surface area contributed by atoms with E-state index in [1.165, 1.54) is 6.07 Å². The molecule has 1 aromatic carbocycles. The first kappa shape index (κ1) is 12.7. The third-order valence-electron chi connectivity index (χ3n) is 2.45. The largest absolute Gasteiger partial charge is 0.368 e. The number of para-hydroxylation sites is 1. The smallest absolute Gasteiger partial charge is 0.329 e. The SMILES string of the molecule is Cc1cccc(F)c1Nc1nc(N)ncc1[N+](=O)[O-].